The van der Waals surface area contributed by atoms with Gasteiger partial charge in [-0.15, -0.1) is 0 Å². The van der Waals surface area contributed by atoms with Crippen molar-refractivity contribution in [1.82, 2.24) is 9.97 Å². The summed E-state index contributed by atoms with van der Waals surface area (Å²) in [5, 5.41) is 0.0810. The first-order chi connectivity index (χ1) is 9.11. The zero-order valence-electron chi connectivity index (χ0n) is 10.1. The molecule has 0 atom stereocenters. The number of hydrogen-bond donors (Lipinski definition) is 0. The normalized spacial score (nSPS) is 10.3. The smallest absolute Gasteiger partial charge is 0.238 e. The standard InChI is InChI=1S/C13H10BrClN2O2/c1-2-10(18)8-5-3-4-6-11(8)19-12-9(14)7-16-13(15)17-12/h3-7H,2H2,1H3. The molecule has 6 heteroatoms. The van der Waals surface area contributed by atoms with E-state index in [-0.39, 0.29) is 16.9 Å². The van der Waals surface area contributed by atoms with Gasteiger partial charge in [0.25, 0.3) is 0 Å². The average Bonchev–Trinajstić information content (AvgIpc) is 2.42. The number of ether oxygens (including phenoxy) is 1. The van der Waals surface area contributed by atoms with E-state index in [1.54, 1.807) is 31.2 Å². The summed E-state index contributed by atoms with van der Waals surface area (Å²) < 4.78 is 6.21. The molecule has 19 heavy (non-hydrogen) atoms. The van der Waals surface area contributed by atoms with Crippen molar-refractivity contribution < 1.29 is 9.53 Å². The van der Waals surface area contributed by atoms with Crippen molar-refractivity contribution >= 4 is 33.3 Å². The Labute approximate surface area is 123 Å². The van der Waals surface area contributed by atoms with Crippen LogP contribution in [-0.2, 0) is 0 Å². The number of hydrogen-bond acceptors (Lipinski definition) is 4. The molecule has 4 nitrogen and oxygen atoms in total. The largest absolute Gasteiger partial charge is 0.437 e. The van der Waals surface area contributed by atoms with Gasteiger partial charge in [0.05, 0.1) is 10.0 Å². The van der Waals surface area contributed by atoms with Gasteiger partial charge in [-0.2, -0.15) is 4.98 Å². The maximum Gasteiger partial charge on any atom is 0.238 e. The van der Waals surface area contributed by atoms with Crippen LogP contribution in [0.2, 0.25) is 5.28 Å². The van der Waals surface area contributed by atoms with Crippen molar-refractivity contribution in [2.75, 3.05) is 0 Å². The summed E-state index contributed by atoms with van der Waals surface area (Å²) >= 11 is 9.00. The summed E-state index contributed by atoms with van der Waals surface area (Å²) in [5.74, 6) is 0.730. The molecule has 2 rings (SSSR count). The van der Waals surface area contributed by atoms with Crippen molar-refractivity contribution in [2.24, 2.45) is 0 Å². The Balaban J connectivity index is 2.38. The third-order valence-electron chi connectivity index (χ3n) is 2.40. The van der Waals surface area contributed by atoms with Crippen LogP contribution in [0.5, 0.6) is 11.6 Å². The molecule has 0 bridgehead atoms. The molecule has 0 radical (unpaired) electrons. The van der Waals surface area contributed by atoms with E-state index in [1.165, 1.54) is 6.20 Å². The van der Waals surface area contributed by atoms with Gasteiger partial charge in [-0.25, -0.2) is 4.98 Å². The third-order valence-corrected chi connectivity index (χ3v) is 3.12. The first-order valence-electron chi connectivity index (χ1n) is 5.60. The van der Waals surface area contributed by atoms with Gasteiger partial charge < -0.3 is 4.74 Å². The molecule has 0 saturated heterocycles. The Kier molecular flexibility index (Phi) is 4.50. The summed E-state index contributed by atoms with van der Waals surface area (Å²) in [5.41, 5.74) is 0.520. The Bertz CT molecular complexity index is 619. The highest BCUT2D eigenvalue weighted by molar-refractivity contribution is 9.10. The van der Waals surface area contributed by atoms with E-state index in [0.29, 0.717) is 22.2 Å². The lowest BCUT2D eigenvalue weighted by molar-refractivity contribution is 0.0986. The molecule has 0 spiro atoms. The van der Waals surface area contributed by atoms with Gasteiger partial charge in [-0.05, 0) is 39.7 Å². The highest BCUT2D eigenvalue weighted by Crippen LogP contribution is 2.30. The van der Waals surface area contributed by atoms with Crippen LogP contribution < -0.4 is 4.74 Å². The van der Waals surface area contributed by atoms with Crippen LogP contribution in [0.1, 0.15) is 23.7 Å². The van der Waals surface area contributed by atoms with Crippen LogP contribution in [0, 0.1) is 0 Å². The SMILES string of the molecule is CCC(=O)c1ccccc1Oc1nc(Cl)ncc1Br. The molecule has 0 fully saturated rings. The minimum absolute atomic E-state index is 0.00637. The van der Waals surface area contributed by atoms with E-state index >= 15 is 0 Å². The predicted molar refractivity (Wildman–Crippen MR) is 75.9 cm³/mol. The van der Waals surface area contributed by atoms with Crippen LogP contribution in [-0.4, -0.2) is 15.8 Å². The van der Waals surface area contributed by atoms with Gasteiger partial charge >= 0.3 is 0 Å². The summed E-state index contributed by atoms with van der Waals surface area (Å²) in [4.78, 5) is 19.6. The monoisotopic (exact) mass is 340 g/mol. The van der Waals surface area contributed by atoms with Crippen molar-refractivity contribution in [3.8, 4) is 11.6 Å². The van der Waals surface area contributed by atoms with Crippen molar-refractivity contribution in [1.29, 1.82) is 0 Å². The summed E-state index contributed by atoms with van der Waals surface area (Å²) in [6.45, 7) is 1.80. The lowest BCUT2D eigenvalue weighted by Gasteiger charge is -2.10. The quantitative estimate of drug-likeness (QED) is 0.615. The number of nitrogens with zero attached hydrogens (tertiary/aromatic N) is 2. The zero-order valence-corrected chi connectivity index (χ0v) is 12.4. The van der Waals surface area contributed by atoms with E-state index in [0.717, 1.165) is 0 Å². The second-order valence-corrected chi connectivity index (χ2v) is 4.86. The number of benzene rings is 1. The molecule has 2 aromatic rings. The number of Topliss-reactive ketones (excluding diaryl/α,β-unsaturated/α-hetero) is 1. The number of carbonyl (C=O) groups excluding carboxylic acids is 1. The van der Waals surface area contributed by atoms with Crippen LogP contribution in [0.25, 0.3) is 0 Å². The van der Waals surface area contributed by atoms with E-state index < -0.39 is 0 Å². The maximum absolute atomic E-state index is 11.8. The Morgan fingerprint density at radius 1 is 1.42 bits per heavy atom. The van der Waals surface area contributed by atoms with E-state index in [9.17, 15) is 4.79 Å². The van der Waals surface area contributed by atoms with Gasteiger partial charge in [0, 0.05) is 12.6 Å². The number of ketones is 1. The summed E-state index contributed by atoms with van der Waals surface area (Å²) in [6.07, 6.45) is 1.90. The predicted octanol–water partition coefficient (Wildman–Crippen LogP) is 4.28. The third kappa shape index (κ3) is 3.30. The fourth-order valence-corrected chi connectivity index (χ4v) is 1.88. The highest BCUT2D eigenvalue weighted by Gasteiger charge is 2.13. The van der Waals surface area contributed by atoms with E-state index in [2.05, 4.69) is 25.9 Å². The molecule has 0 amide bonds. The fraction of sp³-hybridized carbons (Fsp3) is 0.154. The van der Waals surface area contributed by atoms with Crippen LogP contribution in [0.3, 0.4) is 0 Å². The first-order valence-corrected chi connectivity index (χ1v) is 6.77. The molecule has 1 aromatic carbocycles. The summed E-state index contributed by atoms with van der Waals surface area (Å²) in [7, 11) is 0. The first kappa shape index (κ1) is 14.0. The topological polar surface area (TPSA) is 52.1 Å². The number of halogens is 2. The van der Waals surface area contributed by atoms with Gasteiger partial charge in [0.15, 0.2) is 5.78 Å². The molecule has 98 valence electrons. The second-order valence-electron chi connectivity index (χ2n) is 3.67. The lowest BCUT2D eigenvalue weighted by atomic mass is 10.1. The minimum atomic E-state index is 0.00637. The molecular weight excluding hydrogens is 332 g/mol. The maximum atomic E-state index is 11.8. The lowest BCUT2D eigenvalue weighted by Crippen LogP contribution is -2.01. The zero-order chi connectivity index (χ0) is 13.8. The van der Waals surface area contributed by atoms with Gasteiger partial charge in [0.1, 0.15) is 5.75 Å². The van der Waals surface area contributed by atoms with E-state index in [4.69, 9.17) is 16.3 Å². The van der Waals surface area contributed by atoms with Crippen molar-refractivity contribution in [3.63, 3.8) is 0 Å². The van der Waals surface area contributed by atoms with Crippen LogP contribution >= 0.6 is 27.5 Å². The Hall–Kier alpha value is -1.46. The van der Waals surface area contributed by atoms with E-state index in [1.807, 2.05) is 0 Å². The molecule has 0 saturated carbocycles. The molecule has 0 N–H and O–H groups in total. The summed E-state index contributed by atoms with van der Waals surface area (Å²) in [6, 6.07) is 7.01. The molecule has 0 aliphatic rings. The van der Waals surface area contributed by atoms with Gasteiger partial charge in [-0.3, -0.25) is 4.79 Å². The molecule has 0 aliphatic carbocycles. The van der Waals surface area contributed by atoms with Crippen molar-refractivity contribution in [3.05, 3.63) is 45.8 Å². The van der Waals surface area contributed by atoms with Gasteiger partial charge in [-0.1, -0.05) is 19.1 Å². The average molecular weight is 342 g/mol. The van der Waals surface area contributed by atoms with Crippen LogP contribution in [0.15, 0.2) is 34.9 Å². The van der Waals surface area contributed by atoms with Gasteiger partial charge in [0.2, 0.25) is 11.2 Å². The molecule has 1 aromatic heterocycles. The second kappa shape index (κ2) is 6.12. The number of aromatic nitrogens is 2. The van der Waals surface area contributed by atoms with Crippen molar-refractivity contribution in [2.45, 2.75) is 13.3 Å². The number of para-hydroxylation sites is 1. The Morgan fingerprint density at radius 3 is 2.89 bits per heavy atom. The number of carbonyl (C=O) groups is 1. The highest BCUT2D eigenvalue weighted by atomic mass is 79.9. The minimum Gasteiger partial charge on any atom is -0.437 e. The molecule has 0 aliphatic heterocycles. The fourth-order valence-electron chi connectivity index (χ4n) is 1.48. The molecule has 1 heterocycles. The Morgan fingerprint density at radius 2 is 2.16 bits per heavy atom. The number of rotatable bonds is 4. The van der Waals surface area contributed by atoms with Crippen LogP contribution in [0.4, 0.5) is 0 Å². The molecule has 0 unspecified atom stereocenters. The molecular formula is C13H10BrClN2O2.